The van der Waals surface area contributed by atoms with Crippen LogP contribution >= 0.6 is 0 Å². The second kappa shape index (κ2) is 9.88. The third-order valence-corrected chi connectivity index (χ3v) is 4.38. The van der Waals surface area contributed by atoms with Crippen LogP contribution < -0.4 is 4.74 Å². The number of carbonyl (C=O) groups excluding carboxylic acids is 2. The van der Waals surface area contributed by atoms with Crippen molar-refractivity contribution in [3.8, 4) is 11.5 Å². The number of ketones is 1. The third kappa shape index (κ3) is 5.81. The van der Waals surface area contributed by atoms with Gasteiger partial charge >= 0.3 is 5.97 Å². The summed E-state index contributed by atoms with van der Waals surface area (Å²) in [6.07, 6.45) is 0.512. The quantitative estimate of drug-likeness (QED) is 0.518. The molecule has 0 aliphatic heterocycles. The van der Waals surface area contributed by atoms with Crippen LogP contribution in [0.3, 0.4) is 0 Å². The smallest absolute Gasteiger partial charge is 0.309 e. The SMILES string of the molecule is CC(C)[C@@H](OC(=O)[C@H](C)CC(=O)c1ncccc1O)[C@H](C)Oc1ccccc1. The van der Waals surface area contributed by atoms with Crippen LogP contribution in [0.5, 0.6) is 11.5 Å². The summed E-state index contributed by atoms with van der Waals surface area (Å²) in [5.41, 5.74) is -0.0386. The Morgan fingerprint density at radius 2 is 1.71 bits per heavy atom. The molecule has 2 aromatic rings. The number of hydrogen-bond donors (Lipinski definition) is 1. The van der Waals surface area contributed by atoms with E-state index in [2.05, 4.69) is 4.98 Å². The van der Waals surface area contributed by atoms with Crippen molar-refractivity contribution < 1.29 is 24.2 Å². The number of ether oxygens (including phenoxy) is 2. The van der Waals surface area contributed by atoms with Gasteiger partial charge in [-0.05, 0) is 37.1 Å². The standard InChI is InChI=1S/C22H27NO5/c1-14(2)21(16(4)27-17-9-6-5-7-10-17)28-22(26)15(3)13-19(25)20-18(24)11-8-12-23-20/h5-12,14-16,21,24H,13H2,1-4H3/t15-,16+,21-/m1/s1. The summed E-state index contributed by atoms with van der Waals surface area (Å²) in [5, 5.41) is 9.75. The first kappa shape index (κ1) is 21.4. The molecule has 0 saturated carbocycles. The highest BCUT2D eigenvalue weighted by Gasteiger charge is 2.30. The van der Waals surface area contributed by atoms with Crippen LogP contribution in [-0.2, 0) is 9.53 Å². The minimum Gasteiger partial charge on any atom is -0.506 e. The fourth-order valence-electron chi connectivity index (χ4n) is 2.87. The van der Waals surface area contributed by atoms with E-state index in [0.717, 1.165) is 0 Å². The van der Waals surface area contributed by atoms with Gasteiger partial charge in [0.1, 0.15) is 29.4 Å². The Morgan fingerprint density at radius 3 is 2.32 bits per heavy atom. The second-order valence-electron chi connectivity index (χ2n) is 7.18. The number of benzene rings is 1. The van der Waals surface area contributed by atoms with E-state index in [0.29, 0.717) is 5.75 Å². The van der Waals surface area contributed by atoms with E-state index in [1.165, 1.54) is 18.3 Å². The minimum absolute atomic E-state index is 0.0328. The first-order chi connectivity index (χ1) is 13.3. The fourth-order valence-corrected chi connectivity index (χ4v) is 2.87. The summed E-state index contributed by atoms with van der Waals surface area (Å²) in [4.78, 5) is 28.8. The molecule has 0 spiro atoms. The first-order valence-corrected chi connectivity index (χ1v) is 9.39. The summed E-state index contributed by atoms with van der Waals surface area (Å²) in [5.74, 6) is -1.02. The lowest BCUT2D eigenvalue weighted by Crippen LogP contribution is -2.39. The molecule has 6 nitrogen and oxygen atoms in total. The van der Waals surface area contributed by atoms with Crippen molar-refractivity contribution in [3.05, 3.63) is 54.4 Å². The van der Waals surface area contributed by atoms with Crippen molar-refractivity contribution in [3.63, 3.8) is 0 Å². The molecule has 1 heterocycles. The zero-order valence-corrected chi connectivity index (χ0v) is 16.7. The molecule has 150 valence electrons. The predicted molar refractivity (Wildman–Crippen MR) is 105 cm³/mol. The van der Waals surface area contributed by atoms with E-state index in [1.54, 1.807) is 6.92 Å². The number of esters is 1. The van der Waals surface area contributed by atoms with Crippen LogP contribution in [0.2, 0.25) is 0 Å². The summed E-state index contributed by atoms with van der Waals surface area (Å²) >= 11 is 0. The summed E-state index contributed by atoms with van der Waals surface area (Å²) in [6, 6.07) is 12.3. The molecule has 28 heavy (non-hydrogen) atoms. The van der Waals surface area contributed by atoms with Crippen molar-refractivity contribution in [2.75, 3.05) is 0 Å². The van der Waals surface area contributed by atoms with Crippen LogP contribution in [0, 0.1) is 11.8 Å². The van der Waals surface area contributed by atoms with Gasteiger partial charge in [0.25, 0.3) is 0 Å². The van der Waals surface area contributed by atoms with Gasteiger partial charge in [-0.25, -0.2) is 4.98 Å². The number of nitrogens with zero attached hydrogens (tertiary/aromatic N) is 1. The van der Waals surface area contributed by atoms with Crippen molar-refractivity contribution in [2.24, 2.45) is 11.8 Å². The Bertz CT molecular complexity index is 791. The Hall–Kier alpha value is -2.89. The van der Waals surface area contributed by atoms with Crippen LogP contribution in [0.1, 0.15) is 44.6 Å². The lowest BCUT2D eigenvalue weighted by molar-refractivity contribution is -0.161. The van der Waals surface area contributed by atoms with Crippen LogP contribution in [-0.4, -0.2) is 34.1 Å². The average molecular weight is 385 g/mol. The lowest BCUT2D eigenvalue weighted by atomic mass is 10.00. The molecule has 2 rings (SSSR count). The highest BCUT2D eigenvalue weighted by atomic mass is 16.6. The van der Waals surface area contributed by atoms with E-state index in [9.17, 15) is 14.7 Å². The Labute approximate surface area is 165 Å². The molecule has 3 atom stereocenters. The molecule has 1 aromatic carbocycles. The third-order valence-electron chi connectivity index (χ3n) is 4.38. The largest absolute Gasteiger partial charge is 0.506 e. The maximum Gasteiger partial charge on any atom is 0.309 e. The van der Waals surface area contributed by atoms with E-state index in [1.807, 2.05) is 51.1 Å². The Balaban J connectivity index is 1.99. The number of rotatable bonds is 9. The molecule has 0 bridgehead atoms. The van der Waals surface area contributed by atoms with E-state index >= 15 is 0 Å². The zero-order valence-electron chi connectivity index (χ0n) is 16.7. The molecule has 0 amide bonds. The first-order valence-electron chi connectivity index (χ1n) is 9.39. The number of aromatic hydroxyl groups is 1. The zero-order chi connectivity index (χ0) is 20.7. The predicted octanol–water partition coefficient (Wildman–Crippen LogP) is 4.03. The van der Waals surface area contributed by atoms with Gasteiger partial charge in [-0.3, -0.25) is 9.59 Å². The summed E-state index contributed by atoms with van der Waals surface area (Å²) < 4.78 is 11.6. The van der Waals surface area contributed by atoms with Gasteiger partial charge < -0.3 is 14.6 Å². The second-order valence-corrected chi connectivity index (χ2v) is 7.18. The van der Waals surface area contributed by atoms with Crippen molar-refractivity contribution >= 4 is 11.8 Å². The van der Waals surface area contributed by atoms with Crippen LogP contribution in [0.4, 0.5) is 0 Å². The highest BCUT2D eigenvalue weighted by molar-refractivity contribution is 5.98. The average Bonchev–Trinajstić information content (AvgIpc) is 2.66. The molecule has 0 radical (unpaired) electrons. The van der Waals surface area contributed by atoms with Crippen molar-refractivity contribution in [2.45, 2.75) is 46.3 Å². The maximum absolute atomic E-state index is 12.6. The number of para-hydroxylation sites is 1. The highest BCUT2D eigenvalue weighted by Crippen LogP contribution is 2.22. The van der Waals surface area contributed by atoms with Gasteiger partial charge in [0, 0.05) is 12.6 Å². The number of pyridine rings is 1. The monoisotopic (exact) mass is 385 g/mol. The Morgan fingerprint density at radius 1 is 1.04 bits per heavy atom. The molecule has 1 aromatic heterocycles. The summed E-state index contributed by atoms with van der Waals surface area (Å²) in [7, 11) is 0. The van der Waals surface area contributed by atoms with Crippen molar-refractivity contribution in [1.82, 2.24) is 4.98 Å². The number of carbonyl (C=O) groups is 2. The number of hydrogen-bond acceptors (Lipinski definition) is 6. The number of Topliss-reactive ketones (excluding diaryl/α,β-unsaturated/α-hetero) is 1. The topological polar surface area (TPSA) is 85.7 Å². The van der Waals surface area contributed by atoms with Crippen LogP contribution in [0.15, 0.2) is 48.7 Å². The molecule has 0 unspecified atom stereocenters. The van der Waals surface area contributed by atoms with Gasteiger partial charge in [0.15, 0.2) is 5.78 Å². The molecule has 1 N–H and O–H groups in total. The normalized spacial score (nSPS) is 14.2. The molecule has 0 fully saturated rings. The molecular weight excluding hydrogens is 358 g/mol. The van der Waals surface area contributed by atoms with E-state index in [-0.39, 0.29) is 29.9 Å². The molecule has 0 aliphatic rings. The van der Waals surface area contributed by atoms with Gasteiger partial charge in [-0.2, -0.15) is 0 Å². The van der Waals surface area contributed by atoms with E-state index in [4.69, 9.17) is 9.47 Å². The van der Waals surface area contributed by atoms with Gasteiger partial charge in [-0.1, -0.05) is 39.0 Å². The van der Waals surface area contributed by atoms with Crippen molar-refractivity contribution in [1.29, 1.82) is 0 Å². The number of aromatic nitrogens is 1. The molecule has 0 saturated heterocycles. The minimum atomic E-state index is -0.668. The Kier molecular flexibility index (Phi) is 7.55. The van der Waals surface area contributed by atoms with Gasteiger partial charge in [0.2, 0.25) is 0 Å². The van der Waals surface area contributed by atoms with Crippen LogP contribution in [0.25, 0.3) is 0 Å². The maximum atomic E-state index is 12.6. The lowest BCUT2D eigenvalue weighted by Gasteiger charge is -2.29. The van der Waals surface area contributed by atoms with Gasteiger partial charge in [-0.15, -0.1) is 0 Å². The summed E-state index contributed by atoms with van der Waals surface area (Å²) in [6.45, 7) is 7.38. The molecule has 0 aliphatic carbocycles. The fraction of sp³-hybridized carbons (Fsp3) is 0.409. The molecule has 6 heteroatoms. The van der Waals surface area contributed by atoms with E-state index < -0.39 is 23.8 Å². The van der Waals surface area contributed by atoms with Gasteiger partial charge in [0.05, 0.1) is 5.92 Å². The molecular formula is C22H27NO5.